The fraction of sp³-hybridized carbons (Fsp3) is 0.0391. The molecule has 12 heteroatoms. The minimum Gasteiger partial charge on any atom is -0.208 e. The first-order valence-electron chi connectivity index (χ1n) is 47.4. The van der Waals surface area contributed by atoms with Crippen molar-refractivity contribution in [1.82, 2.24) is 44.9 Å². The molecule has 0 radical (unpaired) electrons. The molecule has 4 aliphatic carbocycles. The number of aromatic nitrogens is 9. The molecule has 0 fully saturated rings. The molecule has 0 saturated heterocycles. The van der Waals surface area contributed by atoms with Gasteiger partial charge >= 0.3 is 0 Å². The van der Waals surface area contributed by atoms with Gasteiger partial charge in [0.2, 0.25) is 0 Å². The Labute approximate surface area is 820 Å². The summed E-state index contributed by atoms with van der Waals surface area (Å²) < 4.78 is 7.62. The van der Waals surface area contributed by atoms with Crippen LogP contribution in [-0.4, -0.2) is 44.9 Å². The number of nitrogens with zero attached hydrogens (tertiary/aromatic N) is 9. The van der Waals surface area contributed by atoms with Crippen molar-refractivity contribution >= 4 is 94.5 Å². The zero-order chi connectivity index (χ0) is 92.7. The number of rotatable bonds is 11. The Morgan fingerprint density at radius 3 is 0.757 bits per heavy atom. The van der Waals surface area contributed by atoms with Crippen molar-refractivity contribution in [3.05, 3.63) is 511 Å². The van der Waals surface area contributed by atoms with Crippen molar-refractivity contribution in [2.24, 2.45) is 0 Å². The maximum Gasteiger partial charge on any atom is 0.164 e. The second-order valence-corrected chi connectivity index (χ2v) is 40.0. The van der Waals surface area contributed by atoms with E-state index in [1.807, 2.05) is 88.6 Å². The van der Waals surface area contributed by atoms with E-state index in [1.165, 1.54) is 155 Å². The molecule has 19 aromatic carbocycles. The Hall–Kier alpha value is -17.1. The average molecular weight is 1840 g/mol. The number of hydrogen-bond acceptors (Lipinski definition) is 12. The van der Waals surface area contributed by atoms with Crippen LogP contribution in [0.25, 0.3) is 208 Å². The lowest BCUT2D eigenvalue weighted by molar-refractivity contribution is 0.660. The molecule has 0 unspecified atom stereocenters. The Balaban J connectivity index is 0.000000106. The summed E-state index contributed by atoms with van der Waals surface area (Å²) >= 11 is 5.45. The second-order valence-electron chi connectivity index (χ2n) is 36.7. The smallest absolute Gasteiger partial charge is 0.164 e. The maximum atomic E-state index is 5.31. The Kier molecular flexibility index (Phi) is 19.5. The van der Waals surface area contributed by atoms with Crippen molar-refractivity contribution < 1.29 is 0 Å². The third-order valence-electron chi connectivity index (χ3n) is 28.7. The van der Waals surface area contributed by atoms with Crippen LogP contribution in [0.4, 0.5) is 0 Å². The minimum absolute atomic E-state index is 0.0922. The first-order valence-corrected chi connectivity index (χ1v) is 49.8. The van der Waals surface area contributed by atoms with Crippen molar-refractivity contribution in [3.8, 4) is 147 Å². The van der Waals surface area contributed by atoms with Gasteiger partial charge in [-0.25, -0.2) is 44.9 Å². The monoisotopic (exact) mass is 1840 g/mol. The first kappa shape index (κ1) is 82.3. The molecule has 0 bridgehead atoms. The van der Waals surface area contributed by atoms with Crippen LogP contribution in [0.3, 0.4) is 0 Å². The first-order chi connectivity index (χ1) is 69.1. The van der Waals surface area contributed by atoms with Gasteiger partial charge in [0.15, 0.2) is 52.4 Å². The highest BCUT2D eigenvalue weighted by molar-refractivity contribution is 7.26. The van der Waals surface area contributed by atoms with Crippen LogP contribution in [0, 0.1) is 0 Å². The van der Waals surface area contributed by atoms with Gasteiger partial charge in [-0.1, -0.05) is 396 Å². The molecule has 0 aliphatic heterocycles. The third kappa shape index (κ3) is 13.1. The largest absolute Gasteiger partial charge is 0.208 e. The Morgan fingerprint density at radius 1 is 0.157 bits per heavy atom. The van der Waals surface area contributed by atoms with Gasteiger partial charge < -0.3 is 0 Å². The van der Waals surface area contributed by atoms with E-state index < -0.39 is 10.8 Å². The fourth-order valence-corrected chi connectivity index (χ4v) is 25.8. The number of hydrogen-bond donors (Lipinski definition) is 0. The van der Waals surface area contributed by atoms with Crippen LogP contribution >= 0.6 is 34.0 Å². The number of fused-ring (bicyclic) bond motifs is 25. The van der Waals surface area contributed by atoms with Gasteiger partial charge in [0.1, 0.15) is 0 Å². The lowest BCUT2D eigenvalue weighted by Gasteiger charge is -2.33. The van der Waals surface area contributed by atoms with E-state index in [2.05, 4.69) is 414 Å². The molecule has 4 aliphatic rings. The quantitative estimate of drug-likeness (QED) is 0.125. The van der Waals surface area contributed by atoms with Gasteiger partial charge in [-0.3, -0.25) is 0 Å². The van der Waals surface area contributed by atoms with Crippen LogP contribution in [0.15, 0.2) is 455 Å². The summed E-state index contributed by atoms with van der Waals surface area (Å²) in [4.78, 5) is 46.5. The van der Waals surface area contributed by atoms with E-state index in [0.717, 1.165) is 55.6 Å². The molecule has 656 valence electrons. The lowest BCUT2D eigenvalue weighted by Crippen LogP contribution is -2.28. The molecular weight excluding hydrogens is 1760 g/mol. The zero-order valence-electron chi connectivity index (χ0n) is 76.1. The summed E-state index contributed by atoms with van der Waals surface area (Å²) in [6, 6.07) is 162. The van der Waals surface area contributed by atoms with Crippen LogP contribution in [0.1, 0.15) is 69.5 Å². The van der Waals surface area contributed by atoms with Crippen molar-refractivity contribution in [1.29, 1.82) is 0 Å². The Morgan fingerprint density at radius 2 is 0.393 bits per heavy atom. The molecule has 6 heterocycles. The number of benzene rings is 19. The van der Waals surface area contributed by atoms with Crippen LogP contribution in [-0.2, 0) is 16.2 Å². The van der Waals surface area contributed by atoms with Gasteiger partial charge in [0, 0.05) is 116 Å². The molecule has 0 N–H and O–H groups in total. The predicted molar refractivity (Wildman–Crippen MR) is 578 cm³/mol. The van der Waals surface area contributed by atoms with Crippen molar-refractivity contribution in [2.75, 3.05) is 0 Å². The van der Waals surface area contributed by atoms with E-state index in [1.54, 1.807) is 0 Å². The summed E-state index contributed by atoms with van der Waals surface area (Å²) in [6.07, 6.45) is 0. The average Bonchev–Trinajstić information content (AvgIpc) is 1.48. The van der Waals surface area contributed by atoms with Crippen LogP contribution in [0.2, 0.25) is 0 Å². The van der Waals surface area contributed by atoms with Crippen molar-refractivity contribution in [3.63, 3.8) is 0 Å². The normalized spacial score (nSPS) is 13.2. The predicted octanol–water partition coefficient (Wildman–Crippen LogP) is 32.7. The summed E-state index contributed by atoms with van der Waals surface area (Å²) in [5.41, 5.74) is 30.5. The van der Waals surface area contributed by atoms with Crippen LogP contribution in [0.5, 0.6) is 0 Å². The highest BCUT2D eigenvalue weighted by Crippen LogP contribution is 2.65. The summed E-state index contributed by atoms with van der Waals surface area (Å²) in [5, 5.41) is 7.45. The van der Waals surface area contributed by atoms with E-state index >= 15 is 0 Å². The second kappa shape index (κ2) is 33.1. The highest BCUT2D eigenvalue weighted by Gasteiger charge is 2.53. The lowest BCUT2D eigenvalue weighted by atomic mass is 9.67. The molecular formula is C128H81N9S3. The molecule has 140 heavy (non-hydrogen) atoms. The van der Waals surface area contributed by atoms with Gasteiger partial charge in [-0.2, -0.15) is 0 Å². The van der Waals surface area contributed by atoms with E-state index in [0.29, 0.717) is 52.4 Å². The van der Waals surface area contributed by atoms with Crippen LogP contribution < -0.4 is 0 Å². The van der Waals surface area contributed by atoms with E-state index in [9.17, 15) is 0 Å². The van der Waals surface area contributed by atoms with Gasteiger partial charge in [-0.15, -0.1) is 34.0 Å². The van der Waals surface area contributed by atoms with Gasteiger partial charge in [-0.05, 0) is 173 Å². The topological polar surface area (TPSA) is 116 Å². The summed E-state index contributed by atoms with van der Waals surface area (Å²) in [5.74, 6) is 6.04. The molecule has 0 amide bonds. The molecule has 6 aromatic heterocycles. The molecule has 29 rings (SSSR count). The van der Waals surface area contributed by atoms with E-state index in [4.69, 9.17) is 44.9 Å². The Bertz CT molecular complexity index is 8940. The van der Waals surface area contributed by atoms with Crippen molar-refractivity contribution in [2.45, 2.75) is 30.1 Å². The molecule has 9 nitrogen and oxygen atoms in total. The molecule has 0 saturated carbocycles. The molecule has 1 spiro atoms. The summed E-state index contributed by atoms with van der Waals surface area (Å²) in [7, 11) is 0. The SMILES string of the molecule is CC1(C)c2ccccc2-c2c(-c3nc(-c4ccccc4)nc(-c4ccc5sc6ccccc6c5c4)n3)cccc21.c1ccc(-c2nc(-c3ccc4sc5ccccc5c4c3)nc(-c3cccc4c3-c3ccccc3C4(c3ccccc3)c3ccccc3)n2)cc1.c1ccc(-c2nc(-c3ccc4sc5ccccc5c4c3)nc(-c3cccc4c3-c3ccccc3C43c4ccccc4-c4ccccc43)n2)cc1. The van der Waals surface area contributed by atoms with Gasteiger partial charge in [0.25, 0.3) is 0 Å². The van der Waals surface area contributed by atoms with Gasteiger partial charge in [0.05, 0.1) is 10.8 Å². The third-order valence-corrected chi connectivity index (χ3v) is 32.2. The minimum atomic E-state index is -0.506. The molecule has 25 aromatic rings. The molecule has 0 atom stereocenters. The number of thiophene rings is 3. The summed E-state index contributed by atoms with van der Waals surface area (Å²) in [6.45, 7) is 4.60. The fourth-order valence-electron chi connectivity index (χ4n) is 22.6. The maximum absolute atomic E-state index is 5.31. The standard InChI is InChI=1S/C46H27N3S.C46H29N3S.C36H25N3S/c1-2-13-28(14-3-1)43-47-44(29-25-26-41-35(27-29)32-17-7-11-24-40(32)50-41)49-45(48-43)34-19-12-23-39-42(34)33-18-6-10-22-38(33)46(39)36-20-8-4-15-30(36)31-16-5-9-21-37(31)46;1-4-15-30(16-5-1)43-47-44(31-27-28-41-37(29-31)34-21-11-13-26-40(34)50-41)49-45(48-43)36-23-14-25-39-42(36)35-22-10-12-24-38(35)46(39,32-17-6-2-7-18-32)33-19-8-3-9-20-33;1-36(2)28-16-8-6-14-25(28)32-26(15-10-17-29(32)36)35-38-33(22-11-4-3-5-12-22)37-34(39-35)23-19-20-31-27(21-23)24-13-7-9-18-30(24)40-31/h1-27H;1-29H;3-21H,1-2H3. The van der Waals surface area contributed by atoms with E-state index in [-0.39, 0.29) is 5.41 Å². The zero-order valence-corrected chi connectivity index (χ0v) is 78.5. The highest BCUT2D eigenvalue weighted by atomic mass is 32.1.